The quantitative estimate of drug-likeness (QED) is 0.739. The highest BCUT2D eigenvalue weighted by Gasteiger charge is 2.20. The first kappa shape index (κ1) is 16.8. The van der Waals surface area contributed by atoms with Crippen LogP contribution in [0.2, 0.25) is 0 Å². The van der Waals surface area contributed by atoms with E-state index in [0.29, 0.717) is 55.4 Å². The van der Waals surface area contributed by atoms with E-state index in [4.69, 9.17) is 19.0 Å². The molecule has 0 spiro atoms. The van der Waals surface area contributed by atoms with Crippen LogP contribution in [0.1, 0.15) is 29.8 Å². The average molecular weight is 346 g/mol. The number of hydrogen-bond acceptors (Lipinski definition) is 6. The fraction of sp³-hybridized carbons (Fsp3) is 0.353. The summed E-state index contributed by atoms with van der Waals surface area (Å²) in [4.78, 5) is 26.7. The van der Waals surface area contributed by atoms with Crippen LogP contribution in [-0.4, -0.2) is 41.7 Å². The monoisotopic (exact) mass is 346 g/mol. The molecular weight excluding hydrogens is 328 g/mol. The van der Waals surface area contributed by atoms with Gasteiger partial charge in [0.05, 0.1) is 0 Å². The van der Waals surface area contributed by atoms with Gasteiger partial charge in [-0.15, -0.1) is 0 Å². The highest BCUT2D eigenvalue weighted by molar-refractivity contribution is 5.97. The van der Waals surface area contributed by atoms with E-state index < -0.39 is 5.97 Å². The van der Waals surface area contributed by atoms with Crippen molar-refractivity contribution < 1.29 is 28.6 Å². The third kappa shape index (κ3) is 4.09. The third-order valence-corrected chi connectivity index (χ3v) is 3.69. The Morgan fingerprint density at radius 2 is 1.96 bits per heavy atom. The highest BCUT2D eigenvalue weighted by Crippen LogP contribution is 2.35. The van der Waals surface area contributed by atoms with Crippen LogP contribution < -0.4 is 14.8 Å². The molecule has 0 bridgehead atoms. The molecule has 0 aliphatic carbocycles. The van der Waals surface area contributed by atoms with Gasteiger partial charge in [-0.25, -0.2) is 4.98 Å². The van der Waals surface area contributed by atoms with Gasteiger partial charge in [0.15, 0.2) is 29.3 Å². The predicted octanol–water partition coefficient (Wildman–Crippen LogP) is 2.10. The number of carboxylic acid groups (broad SMARTS) is 1. The molecule has 0 unspecified atom stereocenters. The molecule has 1 aromatic heterocycles. The number of carbonyl (C=O) groups is 2. The zero-order valence-corrected chi connectivity index (χ0v) is 13.5. The molecule has 8 heteroatoms. The van der Waals surface area contributed by atoms with Crippen LogP contribution in [0.15, 0.2) is 29.0 Å². The Morgan fingerprint density at radius 1 is 1.16 bits per heavy atom. The zero-order valence-electron chi connectivity index (χ0n) is 13.5. The summed E-state index contributed by atoms with van der Waals surface area (Å²) >= 11 is 0. The minimum Gasteiger partial charge on any atom is -0.486 e. The van der Waals surface area contributed by atoms with Crippen molar-refractivity contribution in [2.45, 2.75) is 19.3 Å². The van der Waals surface area contributed by atoms with Gasteiger partial charge in [0.25, 0.3) is 5.91 Å². The summed E-state index contributed by atoms with van der Waals surface area (Å²) in [7, 11) is 0. The Kier molecular flexibility index (Phi) is 5.17. The number of benzene rings is 1. The van der Waals surface area contributed by atoms with Gasteiger partial charge in [-0.3, -0.25) is 9.59 Å². The molecule has 0 atom stereocenters. The van der Waals surface area contributed by atoms with Crippen molar-refractivity contribution in [3.05, 3.63) is 30.3 Å². The lowest BCUT2D eigenvalue weighted by atomic mass is 10.1. The van der Waals surface area contributed by atoms with Gasteiger partial charge in [-0.05, 0) is 31.0 Å². The van der Waals surface area contributed by atoms with E-state index in [-0.39, 0.29) is 18.0 Å². The first-order valence-electron chi connectivity index (χ1n) is 7.98. The van der Waals surface area contributed by atoms with Crippen molar-refractivity contribution in [3.8, 4) is 22.8 Å². The molecule has 1 amide bonds. The van der Waals surface area contributed by atoms with Crippen LogP contribution in [-0.2, 0) is 4.79 Å². The fourth-order valence-corrected chi connectivity index (χ4v) is 2.48. The summed E-state index contributed by atoms with van der Waals surface area (Å²) in [5, 5.41) is 11.3. The number of oxazole rings is 1. The molecule has 0 saturated carbocycles. The summed E-state index contributed by atoms with van der Waals surface area (Å²) in [5.41, 5.74) is 0.840. The standard InChI is InChI=1S/C17H18N2O6/c20-14(21)3-1-2-6-18-17(22)15-16(25-10-19-15)11-4-5-12-13(9-11)24-8-7-23-12/h4-5,9-10H,1-3,6-8H2,(H,18,22)(H,20,21). The van der Waals surface area contributed by atoms with E-state index >= 15 is 0 Å². The fourth-order valence-electron chi connectivity index (χ4n) is 2.48. The van der Waals surface area contributed by atoms with E-state index in [1.54, 1.807) is 18.2 Å². The lowest BCUT2D eigenvalue weighted by Gasteiger charge is -2.18. The van der Waals surface area contributed by atoms with Crippen molar-refractivity contribution >= 4 is 11.9 Å². The largest absolute Gasteiger partial charge is 0.486 e. The van der Waals surface area contributed by atoms with Crippen LogP contribution in [0.25, 0.3) is 11.3 Å². The van der Waals surface area contributed by atoms with E-state index in [9.17, 15) is 9.59 Å². The number of carbonyl (C=O) groups excluding carboxylic acids is 1. The first-order valence-corrected chi connectivity index (χ1v) is 7.98. The van der Waals surface area contributed by atoms with Gasteiger partial charge in [0, 0.05) is 18.5 Å². The van der Waals surface area contributed by atoms with E-state index in [1.165, 1.54) is 6.39 Å². The molecule has 3 rings (SSSR count). The number of carboxylic acids is 1. The summed E-state index contributed by atoms with van der Waals surface area (Å²) in [6.07, 6.45) is 2.38. The van der Waals surface area contributed by atoms with Gasteiger partial charge in [0.1, 0.15) is 13.2 Å². The molecule has 2 N–H and O–H groups in total. The van der Waals surface area contributed by atoms with Gasteiger partial charge >= 0.3 is 5.97 Å². The second-order valence-corrected chi connectivity index (χ2v) is 5.50. The zero-order chi connectivity index (χ0) is 17.6. The van der Waals surface area contributed by atoms with Crippen LogP contribution in [0.4, 0.5) is 0 Å². The van der Waals surface area contributed by atoms with Gasteiger partial charge < -0.3 is 24.3 Å². The van der Waals surface area contributed by atoms with Crippen LogP contribution in [0.3, 0.4) is 0 Å². The molecule has 2 heterocycles. The first-order chi connectivity index (χ1) is 12.1. The van der Waals surface area contributed by atoms with E-state index in [1.807, 2.05) is 0 Å². The van der Waals surface area contributed by atoms with Crippen molar-refractivity contribution in [2.24, 2.45) is 0 Å². The second-order valence-electron chi connectivity index (χ2n) is 5.50. The van der Waals surface area contributed by atoms with Gasteiger partial charge in [-0.1, -0.05) is 0 Å². The maximum Gasteiger partial charge on any atom is 0.303 e. The molecule has 0 fully saturated rings. The molecule has 1 aliphatic rings. The van der Waals surface area contributed by atoms with E-state index in [2.05, 4.69) is 10.3 Å². The number of ether oxygens (including phenoxy) is 2. The minimum absolute atomic E-state index is 0.0856. The maximum absolute atomic E-state index is 12.3. The Balaban J connectivity index is 1.66. The molecule has 132 valence electrons. The SMILES string of the molecule is O=C(O)CCCCNC(=O)c1ncoc1-c1ccc2c(c1)OCCO2. The topological polar surface area (TPSA) is 111 Å². The summed E-state index contributed by atoms with van der Waals surface area (Å²) in [6.45, 7) is 1.35. The smallest absolute Gasteiger partial charge is 0.303 e. The van der Waals surface area contributed by atoms with Crippen LogP contribution in [0, 0.1) is 0 Å². The highest BCUT2D eigenvalue weighted by atomic mass is 16.6. The van der Waals surface area contributed by atoms with Gasteiger partial charge in [0.2, 0.25) is 0 Å². The number of aliphatic carboxylic acids is 1. The van der Waals surface area contributed by atoms with Crippen molar-refractivity contribution in [3.63, 3.8) is 0 Å². The molecule has 1 aliphatic heterocycles. The van der Waals surface area contributed by atoms with E-state index in [0.717, 1.165) is 0 Å². The minimum atomic E-state index is -0.844. The Morgan fingerprint density at radius 3 is 2.76 bits per heavy atom. The molecule has 25 heavy (non-hydrogen) atoms. The number of nitrogens with zero attached hydrogens (tertiary/aromatic N) is 1. The number of unbranched alkanes of at least 4 members (excludes halogenated alkanes) is 1. The van der Waals surface area contributed by atoms with Crippen molar-refractivity contribution in [1.82, 2.24) is 10.3 Å². The summed E-state index contributed by atoms with van der Waals surface area (Å²) in [6, 6.07) is 5.29. The molecule has 0 saturated heterocycles. The molecule has 2 aromatic rings. The number of hydrogen-bond donors (Lipinski definition) is 2. The number of nitrogens with one attached hydrogen (secondary N) is 1. The summed E-state index contributed by atoms with van der Waals surface area (Å²) < 4.78 is 16.4. The number of rotatable bonds is 7. The number of aromatic nitrogens is 1. The lowest BCUT2D eigenvalue weighted by molar-refractivity contribution is -0.137. The Labute approximate surface area is 143 Å². The number of fused-ring (bicyclic) bond motifs is 1. The second kappa shape index (κ2) is 7.69. The normalized spacial score (nSPS) is 12.6. The average Bonchev–Trinajstić information content (AvgIpc) is 3.10. The van der Waals surface area contributed by atoms with Crippen LogP contribution in [0.5, 0.6) is 11.5 Å². The van der Waals surface area contributed by atoms with Gasteiger partial charge in [-0.2, -0.15) is 0 Å². The number of amides is 1. The maximum atomic E-state index is 12.3. The Bertz CT molecular complexity index is 770. The Hall–Kier alpha value is -3.03. The summed E-state index contributed by atoms with van der Waals surface area (Å²) in [5.74, 6) is 0.386. The van der Waals surface area contributed by atoms with Crippen molar-refractivity contribution in [2.75, 3.05) is 19.8 Å². The molecule has 1 aromatic carbocycles. The predicted molar refractivity (Wildman–Crippen MR) is 86.7 cm³/mol. The molecule has 8 nitrogen and oxygen atoms in total. The molecule has 0 radical (unpaired) electrons. The molecular formula is C17H18N2O6. The lowest BCUT2D eigenvalue weighted by Crippen LogP contribution is -2.25. The van der Waals surface area contributed by atoms with Crippen molar-refractivity contribution in [1.29, 1.82) is 0 Å². The van der Waals surface area contributed by atoms with Crippen LogP contribution >= 0.6 is 0 Å². The third-order valence-electron chi connectivity index (χ3n) is 3.69.